The van der Waals surface area contributed by atoms with Gasteiger partial charge in [0.15, 0.2) is 0 Å². The number of nitrogens with two attached hydrogens (primary N) is 1. The van der Waals surface area contributed by atoms with Crippen LogP contribution in [0.25, 0.3) is 0 Å². The van der Waals surface area contributed by atoms with E-state index in [4.69, 9.17) is 10.5 Å². The molecular formula is C15H20BrClN2O3. The summed E-state index contributed by atoms with van der Waals surface area (Å²) >= 11 is 3.37. The van der Waals surface area contributed by atoms with Crippen molar-refractivity contribution in [2.45, 2.75) is 38.8 Å². The number of amides is 1. The SMILES string of the molecule is CC(C)(C)OC(=O)c1cc(Br)cc(N2CCC(N)C2=O)c1.Cl. The molecule has 2 N–H and O–H groups in total. The number of carbonyl (C=O) groups is 2. The first-order valence-corrected chi connectivity index (χ1v) is 7.57. The number of halogens is 2. The van der Waals surface area contributed by atoms with Crippen molar-refractivity contribution in [3.8, 4) is 0 Å². The zero-order valence-electron chi connectivity index (χ0n) is 12.8. The molecule has 1 heterocycles. The van der Waals surface area contributed by atoms with Gasteiger partial charge in [0.25, 0.3) is 0 Å². The molecule has 0 saturated carbocycles. The maximum Gasteiger partial charge on any atom is 0.338 e. The molecule has 1 saturated heterocycles. The van der Waals surface area contributed by atoms with Crippen LogP contribution in [0.4, 0.5) is 5.69 Å². The van der Waals surface area contributed by atoms with Gasteiger partial charge in [-0.25, -0.2) is 4.79 Å². The third-order valence-electron chi connectivity index (χ3n) is 3.08. The molecule has 1 aromatic rings. The van der Waals surface area contributed by atoms with Crippen LogP contribution in [0, 0.1) is 0 Å². The van der Waals surface area contributed by atoms with Crippen LogP contribution < -0.4 is 10.6 Å². The van der Waals surface area contributed by atoms with E-state index in [0.717, 1.165) is 0 Å². The van der Waals surface area contributed by atoms with E-state index in [1.165, 1.54) is 0 Å². The van der Waals surface area contributed by atoms with Gasteiger partial charge in [0.05, 0.1) is 11.6 Å². The van der Waals surface area contributed by atoms with Crippen LogP contribution in [-0.4, -0.2) is 30.1 Å². The van der Waals surface area contributed by atoms with Crippen molar-refractivity contribution < 1.29 is 14.3 Å². The van der Waals surface area contributed by atoms with Crippen LogP contribution in [0.3, 0.4) is 0 Å². The lowest BCUT2D eigenvalue weighted by molar-refractivity contribution is -0.118. The Morgan fingerprint density at radius 2 is 2.00 bits per heavy atom. The van der Waals surface area contributed by atoms with Gasteiger partial charge in [0.2, 0.25) is 5.91 Å². The van der Waals surface area contributed by atoms with Crippen molar-refractivity contribution in [2.24, 2.45) is 5.73 Å². The Labute approximate surface area is 144 Å². The van der Waals surface area contributed by atoms with Crippen LogP contribution in [0.5, 0.6) is 0 Å². The van der Waals surface area contributed by atoms with Gasteiger partial charge in [-0.05, 0) is 45.4 Å². The number of esters is 1. The van der Waals surface area contributed by atoms with Crippen LogP contribution in [0.2, 0.25) is 0 Å². The summed E-state index contributed by atoms with van der Waals surface area (Å²) in [5.41, 5.74) is 6.23. The van der Waals surface area contributed by atoms with Gasteiger partial charge >= 0.3 is 5.97 Å². The number of benzene rings is 1. The zero-order valence-corrected chi connectivity index (χ0v) is 15.2. The lowest BCUT2D eigenvalue weighted by Gasteiger charge is -2.21. The van der Waals surface area contributed by atoms with Gasteiger partial charge in [0, 0.05) is 16.7 Å². The maximum absolute atomic E-state index is 12.2. The van der Waals surface area contributed by atoms with Gasteiger partial charge in [-0.3, -0.25) is 4.79 Å². The highest BCUT2D eigenvalue weighted by Crippen LogP contribution is 2.27. The summed E-state index contributed by atoms with van der Waals surface area (Å²) in [6, 6.07) is 4.67. The van der Waals surface area contributed by atoms with Gasteiger partial charge < -0.3 is 15.4 Å². The predicted molar refractivity (Wildman–Crippen MR) is 91.5 cm³/mol. The number of rotatable bonds is 2. The summed E-state index contributed by atoms with van der Waals surface area (Å²) in [6.07, 6.45) is 0.618. The Bertz CT molecular complexity index is 587. The molecule has 1 aromatic carbocycles. The molecule has 1 unspecified atom stereocenters. The molecule has 1 atom stereocenters. The third kappa shape index (κ3) is 4.44. The van der Waals surface area contributed by atoms with Crippen LogP contribution in [0.15, 0.2) is 22.7 Å². The topological polar surface area (TPSA) is 72.6 Å². The first-order chi connectivity index (χ1) is 9.67. The van der Waals surface area contributed by atoms with Crippen molar-refractivity contribution in [2.75, 3.05) is 11.4 Å². The molecule has 122 valence electrons. The summed E-state index contributed by atoms with van der Waals surface area (Å²) in [4.78, 5) is 25.8. The lowest BCUT2D eigenvalue weighted by atomic mass is 10.1. The van der Waals surface area contributed by atoms with E-state index >= 15 is 0 Å². The summed E-state index contributed by atoms with van der Waals surface area (Å²) in [6.45, 7) is 6.00. The monoisotopic (exact) mass is 390 g/mol. The summed E-state index contributed by atoms with van der Waals surface area (Å²) in [7, 11) is 0. The van der Waals surface area contributed by atoms with E-state index in [1.807, 2.05) is 20.8 Å². The van der Waals surface area contributed by atoms with Crippen molar-refractivity contribution in [3.63, 3.8) is 0 Å². The standard InChI is InChI=1S/C15H19BrN2O3.ClH/c1-15(2,3)21-14(20)9-6-10(16)8-11(7-9)18-5-4-12(17)13(18)19;/h6-8,12H,4-5,17H2,1-3H3;1H. The van der Waals surface area contributed by atoms with Crippen molar-refractivity contribution >= 4 is 45.9 Å². The normalized spacial score (nSPS) is 18.1. The van der Waals surface area contributed by atoms with E-state index < -0.39 is 17.6 Å². The van der Waals surface area contributed by atoms with Crippen LogP contribution in [0.1, 0.15) is 37.6 Å². The number of hydrogen-bond acceptors (Lipinski definition) is 4. The molecule has 0 spiro atoms. The molecule has 1 aliphatic heterocycles. The molecule has 1 fully saturated rings. The number of ether oxygens (including phenoxy) is 1. The smallest absolute Gasteiger partial charge is 0.338 e. The Morgan fingerprint density at radius 3 is 2.50 bits per heavy atom. The number of anilines is 1. The first kappa shape index (κ1) is 18.9. The van der Waals surface area contributed by atoms with Gasteiger partial charge in [0.1, 0.15) is 5.60 Å². The Hall–Kier alpha value is -1.11. The van der Waals surface area contributed by atoms with E-state index in [1.54, 1.807) is 23.1 Å². The zero-order chi connectivity index (χ0) is 15.8. The van der Waals surface area contributed by atoms with E-state index in [2.05, 4.69) is 15.9 Å². The molecule has 1 amide bonds. The Morgan fingerprint density at radius 1 is 1.36 bits per heavy atom. The van der Waals surface area contributed by atoms with Crippen LogP contribution >= 0.6 is 28.3 Å². The minimum absolute atomic E-state index is 0. The second kappa shape index (κ2) is 6.98. The predicted octanol–water partition coefficient (Wildman–Crippen LogP) is 2.89. The fourth-order valence-corrected chi connectivity index (χ4v) is 2.62. The highest BCUT2D eigenvalue weighted by atomic mass is 79.9. The average Bonchev–Trinajstić information content (AvgIpc) is 2.67. The van der Waals surface area contributed by atoms with Gasteiger partial charge in [-0.2, -0.15) is 0 Å². The van der Waals surface area contributed by atoms with Gasteiger partial charge in [-0.1, -0.05) is 15.9 Å². The highest BCUT2D eigenvalue weighted by molar-refractivity contribution is 9.10. The minimum atomic E-state index is -0.564. The lowest BCUT2D eigenvalue weighted by Crippen LogP contribution is -2.34. The number of carbonyl (C=O) groups excluding carboxylic acids is 2. The highest BCUT2D eigenvalue weighted by Gasteiger charge is 2.30. The van der Waals surface area contributed by atoms with E-state index in [-0.39, 0.29) is 18.3 Å². The minimum Gasteiger partial charge on any atom is -0.456 e. The van der Waals surface area contributed by atoms with Gasteiger partial charge in [-0.15, -0.1) is 12.4 Å². The summed E-state index contributed by atoms with van der Waals surface area (Å²) in [5.74, 6) is -0.538. The number of hydrogen-bond donors (Lipinski definition) is 1. The van der Waals surface area contributed by atoms with Crippen molar-refractivity contribution in [1.29, 1.82) is 0 Å². The fraction of sp³-hybridized carbons (Fsp3) is 0.467. The molecular weight excluding hydrogens is 372 g/mol. The van der Waals surface area contributed by atoms with E-state index in [9.17, 15) is 9.59 Å². The quantitative estimate of drug-likeness (QED) is 0.787. The van der Waals surface area contributed by atoms with E-state index in [0.29, 0.717) is 28.7 Å². The molecule has 0 aromatic heterocycles. The summed E-state index contributed by atoms with van der Waals surface area (Å²) < 4.78 is 6.07. The second-order valence-electron chi connectivity index (χ2n) is 6.09. The molecule has 2 rings (SSSR count). The molecule has 7 heteroatoms. The van der Waals surface area contributed by atoms with Crippen LogP contribution in [-0.2, 0) is 9.53 Å². The van der Waals surface area contributed by atoms with Crippen molar-refractivity contribution in [3.05, 3.63) is 28.2 Å². The maximum atomic E-state index is 12.2. The average molecular weight is 392 g/mol. The first-order valence-electron chi connectivity index (χ1n) is 6.78. The Balaban J connectivity index is 0.00000242. The van der Waals surface area contributed by atoms with Crippen molar-refractivity contribution in [1.82, 2.24) is 0 Å². The summed E-state index contributed by atoms with van der Waals surface area (Å²) in [5, 5.41) is 0. The Kier molecular flexibility index (Phi) is 6.01. The number of nitrogens with zero attached hydrogens (tertiary/aromatic N) is 1. The largest absolute Gasteiger partial charge is 0.456 e. The molecule has 22 heavy (non-hydrogen) atoms. The third-order valence-corrected chi connectivity index (χ3v) is 3.53. The second-order valence-corrected chi connectivity index (χ2v) is 7.00. The molecule has 1 aliphatic rings. The fourth-order valence-electron chi connectivity index (χ4n) is 2.14. The molecule has 5 nitrogen and oxygen atoms in total. The molecule has 0 aliphatic carbocycles. The molecule has 0 bridgehead atoms. The molecule has 0 radical (unpaired) electrons.